The Morgan fingerprint density at radius 1 is 1.24 bits per heavy atom. The summed E-state index contributed by atoms with van der Waals surface area (Å²) < 4.78 is 13.6. The van der Waals surface area contributed by atoms with E-state index in [2.05, 4.69) is 10.6 Å². The van der Waals surface area contributed by atoms with Gasteiger partial charge in [0.15, 0.2) is 0 Å². The first-order valence-corrected chi connectivity index (χ1v) is 7.98. The topological polar surface area (TPSA) is 41.1 Å². The van der Waals surface area contributed by atoms with Crippen LogP contribution >= 0.6 is 0 Å². The molecule has 0 atom stereocenters. The molecule has 1 amide bonds. The van der Waals surface area contributed by atoms with E-state index in [0.717, 1.165) is 57.2 Å². The van der Waals surface area contributed by atoms with Crippen LogP contribution in [0.15, 0.2) is 24.3 Å². The number of rotatable bonds is 3. The Morgan fingerprint density at radius 2 is 1.95 bits per heavy atom. The standard InChI is InChI=1S/C17H23FN2O/c18-14-5-3-4-13(12-14)17(8-1-2-9-17)16(21)20-15-6-10-19-11-7-15/h3-5,12,15,19H,1-2,6-11H2,(H,20,21). The van der Waals surface area contributed by atoms with Gasteiger partial charge >= 0.3 is 0 Å². The molecule has 114 valence electrons. The minimum Gasteiger partial charge on any atom is -0.353 e. The van der Waals surface area contributed by atoms with Crippen molar-refractivity contribution in [3.8, 4) is 0 Å². The predicted molar refractivity (Wildman–Crippen MR) is 80.6 cm³/mol. The Labute approximate surface area is 125 Å². The fourth-order valence-corrected chi connectivity index (χ4v) is 3.70. The van der Waals surface area contributed by atoms with Crippen LogP contribution in [0.3, 0.4) is 0 Å². The molecular formula is C17H23FN2O. The number of hydrogen-bond donors (Lipinski definition) is 2. The van der Waals surface area contributed by atoms with Crippen molar-refractivity contribution in [2.45, 2.75) is 50.0 Å². The van der Waals surface area contributed by atoms with Crippen molar-refractivity contribution in [1.82, 2.24) is 10.6 Å². The second kappa shape index (κ2) is 6.14. The highest BCUT2D eigenvalue weighted by atomic mass is 19.1. The van der Waals surface area contributed by atoms with Gasteiger partial charge in [-0.1, -0.05) is 25.0 Å². The lowest BCUT2D eigenvalue weighted by atomic mass is 9.77. The van der Waals surface area contributed by atoms with Crippen molar-refractivity contribution >= 4 is 5.91 Å². The molecule has 2 fully saturated rings. The third-order valence-corrected chi connectivity index (χ3v) is 4.94. The SMILES string of the molecule is O=C(NC1CCNCC1)C1(c2cccc(F)c2)CCCC1. The summed E-state index contributed by atoms with van der Waals surface area (Å²) in [6.45, 7) is 1.91. The van der Waals surface area contributed by atoms with Crippen LogP contribution < -0.4 is 10.6 Å². The number of halogens is 1. The molecular weight excluding hydrogens is 267 g/mol. The first kappa shape index (κ1) is 14.5. The Balaban J connectivity index is 1.81. The Bertz CT molecular complexity index is 505. The quantitative estimate of drug-likeness (QED) is 0.898. The van der Waals surface area contributed by atoms with E-state index in [1.165, 1.54) is 12.1 Å². The first-order chi connectivity index (χ1) is 10.2. The third kappa shape index (κ3) is 2.95. The fraction of sp³-hybridized carbons (Fsp3) is 0.588. The molecule has 21 heavy (non-hydrogen) atoms. The molecule has 0 radical (unpaired) electrons. The van der Waals surface area contributed by atoms with E-state index < -0.39 is 5.41 Å². The Morgan fingerprint density at radius 3 is 2.62 bits per heavy atom. The lowest BCUT2D eigenvalue weighted by Crippen LogP contribution is -2.50. The van der Waals surface area contributed by atoms with Crippen LogP contribution in [-0.2, 0) is 10.2 Å². The highest BCUT2D eigenvalue weighted by Crippen LogP contribution is 2.41. The number of nitrogens with one attached hydrogen (secondary N) is 2. The van der Waals surface area contributed by atoms with Crippen LogP contribution in [0.25, 0.3) is 0 Å². The van der Waals surface area contributed by atoms with Crippen LogP contribution in [-0.4, -0.2) is 25.0 Å². The Kier molecular flexibility index (Phi) is 4.24. The molecule has 4 heteroatoms. The van der Waals surface area contributed by atoms with E-state index >= 15 is 0 Å². The highest BCUT2D eigenvalue weighted by molar-refractivity contribution is 5.88. The maximum atomic E-state index is 13.6. The van der Waals surface area contributed by atoms with Crippen LogP contribution in [0.2, 0.25) is 0 Å². The molecule has 1 aliphatic carbocycles. The molecule has 0 spiro atoms. The molecule has 0 bridgehead atoms. The van der Waals surface area contributed by atoms with Gasteiger partial charge in [-0.15, -0.1) is 0 Å². The maximum absolute atomic E-state index is 13.6. The maximum Gasteiger partial charge on any atom is 0.230 e. The third-order valence-electron chi connectivity index (χ3n) is 4.94. The molecule has 0 unspecified atom stereocenters. The van der Waals surface area contributed by atoms with Gasteiger partial charge in [0.25, 0.3) is 0 Å². The summed E-state index contributed by atoms with van der Waals surface area (Å²) >= 11 is 0. The molecule has 1 saturated carbocycles. The first-order valence-electron chi connectivity index (χ1n) is 7.98. The molecule has 2 aliphatic rings. The lowest BCUT2D eigenvalue weighted by Gasteiger charge is -2.32. The summed E-state index contributed by atoms with van der Waals surface area (Å²) in [4.78, 5) is 12.9. The van der Waals surface area contributed by atoms with Gasteiger partial charge < -0.3 is 10.6 Å². The summed E-state index contributed by atoms with van der Waals surface area (Å²) in [5.74, 6) is -0.161. The van der Waals surface area contributed by atoms with E-state index in [1.807, 2.05) is 6.07 Å². The molecule has 3 nitrogen and oxygen atoms in total. The van der Waals surface area contributed by atoms with E-state index in [0.29, 0.717) is 0 Å². The summed E-state index contributed by atoms with van der Waals surface area (Å²) in [6, 6.07) is 6.84. The smallest absolute Gasteiger partial charge is 0.230 e. The van der Waals surface area contributed by atoms with E-state index in [1.54, 1.807) is 6.07 Å². The molecule has 1 aromatic rings. The van der Waals surface area contributed by atoms with Gasteiger partial charge in [0.2, 0.25) is 5.91 Å². The van der Waals surface area contributed by atoms with E-state index in [4.69, 9.17) is 0 Å². The zero-order valence-electron chi connectivity index (χ0n) is 12.3. The number of hydrogen-bond acceptors (Lipinski definition) is 2. The molecule has 2 N–H and O–H groups in total. The molecule has 1 heterocycles. The van der Waals surface area contributed by atoms with Gasteiger partial charge in [0.05, 0.1) is 5.41 Å². The average Bonchev–Trinajstić information content (AvgIpc) is 2.99. The number of piperidine rings is 1. The predicted octanol–water partition coefficient (Wildman–Crippen LogP) is 2.51. The van der Waals surface area contributed by atoms with Crippen molar-refractivity contribution in [3.05, 3.63) is 35.6 Å². The second-order valence-electron chi connectivity index (χ2n) is 6.30. The number of amides is 1. The van der Waals surface area contributed by atoms with Crippen molar-refractivity contribution in [2.24, 2.45) is 0 Å². The van der Waals surface area contributed by atoms with Gasteiger partial charge in [0, 0.05) is 6.04 Å². The van der Waals surface area contributed by atoms with Crippen LogP contribution in [0.1, 0.15) is 44.1 Å². The van der Waals surface area contributed by atoms with Crippen LogP contribution in [0.5, 0.6) is 0 Å². The van der Waals surface area contributed by atoms with Gasteiger partial charge in [0.1, 0.15) is 5.82 Å². The van der Waals surface area contributed by atoms with Crippen molar-refractivity contribution in [1.29, 1.82) is 0 Å². The normalized spacial score (nSPS) is 22.1. The van der Waals surface area contributed by atoms with Crippen LogP contribution in [0, 0.1) is 5.82 Å². The van der Waals surface area contributed by atoms with E-state index in [-0.39, 0.29) is 17.8 Å². The molecule has 0 aromatic heterocycles. The summed E-state index contributed by atoms with van der Waals surface area (Å²) in [5.41, 5.74) is 0.318. The largest absolute Gasteiger partial charge is 0.353 e. The molecule has 1 saturated heterocycles. The number of carbonyl (C=O) groups excluding carboxylic acids is 1. The lowest BCUT2D eigenvalue weighted by molar-refractivity contribution is -0.127. The summed E-state index contributed by atoms with van der Waals surface area (Å²) in [6.07, 6.45) is 5.68. The number of carbonyl (C=O) groups is 1. The number of benzene rings is 1. The fourth-order valence-electron chi connectivity index (χ4n) is 3.70. The van der Waals surface area contributed by atoms with E-state index in [9.17, 15) is 9.18 Å². The minimum atomic E-state index is -0.521. The Hall–Kier alpha value is -1.42. The summed E-state index contributed by atoms with van der Waals surface area (Å²) in [7, 11) is 0. The molecule has 1 aromatic carbocycles. The zero-order chi connectivity index (χ0) is 14.7. The van der Waals surface area contributed by atoms with Gasteiger partial charge in [-0.05, 0) is 56.5 Å². The minimum absolute atomic E-state index is 0.0949. The van der Waals surface area contributed by atoms with Crippen LogP contribution in [0.4, 0.5) is 4.39 Å². The highest BCUT2D eigenvalue weighted by Gasteiger charge is 2.43. The van der Waals surface area contributed by atoms with Gasteiger partial charge in [-0.2, -0.15) is 0 Å². The second-order valence-corrected chi connectivity index (χ2v) is 6.30. The van der Waals surface area contributed by atoms with Gasteiger partial charge in [-0.3, -0.25) is 4.79 Å². The van der Waals surface area contributed by atoms with Crippen molar-refractivity contribution in [3.63, 3.8) is 0 Å². The van der Waals surface area contributed by atoms with Crippen molar-refractivity contribution in [2.75, 3.05) is 13.1 Å². The molecule has 3 rings (SSSR count). The summed E-state index contributed by atoms with van der Waals surface area (Å²) in [5, 5.41) is 6.52. The zero-order valence-corrected chi connectivity index (χ0v) is 12.3. The average molecular weight is 290 g/mol. The molecule has 1 aliphatic heterocycles. The monoisotopic (exact) mass is 290 g/mol. The van der Waals surface area contributed by atoms with Crippen molar-refractivity contribution < 1.29 is 9.18 Å². The van der Waals surface area contributed by atoms with Gasteiger partial charge in [-0.25, -0.2) is 4.39 Å².